The molecule has 6 nitrogen and oxygen atoms in total. The van der Waals surface area contributed by atoms with Crippen LogP contribution in [0.3, 0.4) is 0 Å². The lowest BCUT2D eigenvalue weighted by Gasteiger charge is -2.34. The minimum Gasteiger partial charge on any atom is -0.383 e. The molecule has 1 saturated heterocycles. The van der Waals surface area contributed by atoms with Crippen molar-refractivity contribution in [3.05, 3.63) is 58.1 Å². The molecule has 0 spiro atoms. The van der Waals surface area contributed by atoms with Crippen LogP contribution < -0.4 is 0 Å². The number of benzene rings is 1. The SMILES string of the molecule is CN(C)C1CCN(Cc2ccc(-c3cc4c(-c5cnc(C6(O)CCC6)s5)c(Cl)cnc4[nH]3)cc2F)C1. The van der Waals surface area contributed by atoms with Gasteiger partial charge in [0, 0.05) is 65.8 Å². The van der Waals surface area contributed by atoms with Crippen molar-refractivity contribution < 1.29 is 9.50 Å². The van der Waals surface area contributed by atoms with E-state index in [0.717, 1.165) is 70.9 Å². The fraction of sp³-hybridized carbons (Fsp3) is 0.407. The van der Waals surface area contributed by atoms with Crippen LogP contribution in [0.1, 0.15) is 36.3 Å². The molecule has 2 fully saturated rings. The van der Waals surface area contributed by atoms with Gasteiger partial charge in [-0.3, -0.25) is 4.90 Å². The van der Waals surface area contributed by atoms with Gasteiger partial charge in [0.15, 0.2) is 0 Å². The maximum absolute atomic E-state index is 15.1. The normalized spacial score (nSPS) is 19.9. The molecule has 1 aromatic carbocycles. The Kier molecular flexibility index (Phi) is 6.13. The van der Waals surface area contributed by atoms with Crippen molar-refractivity contribution in [2.24, 2.45) is 0 Å². The molecule has 3 aromatic heterocycles. The minimum atomic E-state index is -0.813. The van der Waals surface area contributed by atoms with Gasteiger partial charge in [0.1, 0.15) is 22.1 Å². The number of hydrogen-bond acceptors (Lipinski definition) is 6. The van der Waals surface area contributed by atoms with Gasteiger partial charge in [0.05, 0.1) is 9.90 Å². The lowest BCUT2D eigenvalue weighted by Crippen LogP contribution is -2.33. The maximum atomic E-state index is 15.1. The molecule has 1 unspecified atom stereocenters. The topological polar surface area (TPSA) is 68.3 Å². The molecule has 0 amide bonds. The summed E-state index contributed by atoms with van der Waals surface area (Å²) >= 11 is 8.06. The minimum absolute atomic E-state index is 0.202. The van der Waals surface area contributed by atoms with Crippen LogP contribution >= 0.6 is 22.9 Å². The number of likely N-dealkylation sites (N-methyl/N-ethyl adjacent to an activating group) is 1. The van der Waals surface area contributed by atoms with Crippen molar-refractivity contribution in [1.82, 2.24) is 24.8 Å². The predicted octanol–water partition coefficient (Wildman–Crippen LogP) is 5.65. The van der Waals surface area contributed by atoms with Crippen molar-refractivity contribution >= 4 is 34.0 Å². The van der Waals surface area contributed by atoms with E-state index in [1.54, 1.807) is 18.5 Å². The molecule has 9 heteroatoms. The molecule has 2 aliphatic rings. The summed E-state index contributed by atoms with van der Waals surface area (Å²) in [6.45, 7) is 2.56. The number of halogens is 2. The van der Waals surface area contributed by atoms with E-state index < -0.39 is 5.60 Å². The first kappa shape index (κ1) is 24.0. The largest absolute Gasteiger partial charge is 0.383 e. The highest BCUT2D eigenvalue weighted by molar-refractivity contribution is 7.15. The van der Waals surface area contributed by atoms with E-state index in [1.165, 1.54) is 11.3 Å². The van der Waals surface area contributed by atoms with Crippen molar-refractivity contribution in [1.29, 1.82) is 0 Å². The van der Waals surface area contributed by atoms with Gasteiger partial charge in [-0.2, -0.15) is 0 Å². The van der Waals surface area contributed by atoms with Gasteiger partial charge >= 0.3 is 0 Å². The number of H-pyrrole nitrogens is 1. The molecule has 188 valence electrons. The summed E-state index contributed by atoms with van der Waals surface area (Å²) in [7, 11) is 4.20. The number of hydrogen-bond donors (Lipinski definition) is 2. The Bertz CT molecular complexity index is 1430. The molecular weight excluding hydrogens is 497 g/mol. The average Bonchev–Trinajstić information content (AvgIpc) is 3.58. The van der Waals surface area contributed by atoms with Gasteiger partial charge < -0.3 is 15.0 Å². The Morgan fingerprint density at radius 3 is 2.78 bits per heavy atom. The molecule has 6 rings (SSSR count). The second kappa shape index (κ2) is 9.19. The third-order valence-corrected chi connectivity index (χ3v) is 9.17. The number of aromatic nitrogens is 3. The first-order valence-electron chi connectivity index (χ1n) is 12.3. The number of aliphatic hydroxyl groups is 1. The molecule has 0 radical (unpaired) electrons. The first-order chi connectivity index (χ1) is 17.3. The van der Waals surface area contributed by atoms with Crippen molar-refractivity contribution in [3.63, 3.8) is 0 Å². The number of thiazole rings is 1. The van der Waals surface area contributed by atoms with Crippen LogP contribution in [0.2, 0.25) is 5.02 Å². The summed E-state index contributed by atoms with van der Waals surface area (Å²) in [5.41, 5.74) is 2.95. The van der Waals surface area contributed by atoms with E-state index in [9.17, 15) is 5.11 Å². The molecule has 4 aromatic rings. The monoisotopic (exact) mass is 525 g/mol. The highest BCUT2D eigenvalue weighted by atomic mass is 35.5. The van der Waals surface area contributed by atoms with Crippen LogP contribution in [0, 0.1) is 5.82 Å². The van der Waals surface area contributed by atoms with Crippen LogP contribution in [-0.4, -0.2) is 63.1 Å². The molecule has 1 aliphatic carbocycles. The molecule has 1 aliphatic heterocycles. The van der Waals surface area contributed by atoms with Crippen molar-refractivity contribution in [3.8, 4) is 21.7 Å². The van der Waals surface area contributed by atoms with Gasteiger partial charge in [-0.1, -0.05) is 23.7 Å². The van der Waals surface area contributed by atoms with Crippen LogP contribution in [0.15, 0.2) is 36.7 Å². The van der Waals surface area contributed by atoms with Crippen molar-refractivity contribution in [2.45, 2.75) is 43.9 Å². The molecule has 1 saturated carbocycles. The summed E-state index contributed by atoms with van der Waals surface area (Å²) in [6.07, 6.45) is 7.00. The Labute approximate surface area is 218 Å². The summed E-state index contributed by atoms with van der Waals surface area (Å²) in [4.78, 5) is 17.7. The van der Waals surface area contributed by atoms with E-state index in [0.29, 0.717) is 28.8 Å². The highest BCUT2D eigenvalue weighted by Crippen LogP contribution is 2.46. The molecule has 4 heterocycles. The molecule has 2 N–H and O–H groups in total. The number of aromatic amines is 1. The Balaban J connectivity index is 1.29. The standard InChI is InChI=1S/C27H29ClFN5OS/c1-33(2)18-6-9-34(15-18)14-17-5-4-16(10-21(17)29)22-11-19-24(20(28)12-30-25(19)32-22)23-13-31-26(36-23)27(35)7-3-8-27/h4-5,10-13,18,35H,3,6-9,14-15H2,1-2H3,(H,30,32). The predicted molar refractivity (Wildman–Crippen MR) is 143 cm³/mol. The van der Waals surface area contributed by atoms with Crippen LogP contribution in [0.5, 0.6) is 0 Å². The van der Waals surface area contributed by atoms with E-state index in [-0.39, 0.29) is 5.82 Å². The third kappa shape index (κ3) is 4.25. The van der Waals surface area contributed by atoms with Gasteiger partial charge in [-0.15, -0.1) is 11.3 Å². The highest BCUT2D eigenvalue weighted by Gasteiger charge is 2.39. The Hall–Kier alpha value is -2.36. The zero-order valence-electron chi connectivity index (χ0n) is 20.4. The zero-order valence-corrected chi connectivity index (χ0v) is 22.0. The number of nitrogens with zero attached hydrogens (tertiary/aromatic N) is 4. The number of rotatable bonds is 6. The van der Waals surface area contributed by atoms with E-state index in [2.05, 4.69) is 38.8 Å². The van der Waals surface area contributed by atoms with Gasteiger partial charge in [-0.25, -0.2) is 14.4 Å². The number of likely N-dealkylation sites (tertiary alicyclic amines) is 1. The Morgan fingerprint density at radius 1 is 1.25 bits per heavy atom. The van der Waals surface area contributed by atoms with Gasteiger partial charge in [0.25, 0.3) is 0 Å². The van der Waals surface area contributed by atoms with Crippen molar-refractivity contribution in [2.75, 3.05) is 27.2 Å². The fourth-order valence-electron chi connectivity index (χ4n) is 5.25. The smallest absolute Gasteiger partial charge is 0.138 e. The lowest BCUT2D eigenvalue weighted by atomic mass is 9.81. The molecule has 36 heavy (non-hydrogen) atoms. The second-order valence-electron chi connectivity index (χ2n) is 10.3. The second-order valence-corrected chi connectivity index (χ2v) is 11.7. The van der Waals surface area contributed by atoms with Crippen LogP contribution in [0.4, 0.5) is 4.39 Å². The van der Waals surface area contributed by atoms with E-state index >= 15 is 4.39 Å². The number of fused-ring (bicyclic) bond motifs is 1. The van der Waals surface area contributed by atoms with Crippen LogP contribution in [0.25, 0.3) is 32.7 Å². The maximum Gasteiger partial charge on any atom is 0.138 e. The molecular formula is C27H29ClFN5OS. The average molecular weight is 526 g/mol. The van der Waals surface area contributed by atoms with E-state index in [4.69, 9.17) is 11.6 Å². The number of nitrogens with one attached hydrogen (secondary N) is 1. The lowest BCUT2D eigenvalue weighted by molar-refractivity contribution is -0.0389. The molecule has 0 bridgehead atoms. The molecule has 1 atom stereocenters. The first-order valence-corrected chi connectivity index (χ1v) is 13.5. The fourth-order valence-corrected chi connectivity index (χ4v) is 6.69. The summed E-state index contributed by atoms with van der Waals surface area (Å²) in [6, 6.07) is 7.93. The van der Waals surface area contributed by atoms with Gasteiger partial charge in [0.2, 0.25) is 0 Å². The van der Waals surface area contributed by atoms with E-state index in [1.807, 2.05) is 18.2 Å². The quantitative estimate of drug-likeness (QED) is 0.340. The summed E-state index contributed by atoms with van der Waals surface area (Å²) in [5, 5.41) is 12.8. The Morgan fingerprint density at radius 2 is 2.08 bits per heavy atom. The summed E-state index contributed by atoms with van der Waals surface area (Å²) in [5.74, 6) is -0.202. The zero-order chi connectivity index (χ0) is 25.0. The van der Waals surface area contributed by atoms with Crippen LogP contribution in [-0.2, 0) is 12.1 Å². The number of pyridine rings is 1. The third-order valence-electron chi connectivity index (χ3n) is 7.68. The summed E-state index contributed by atoms with van der Waals surface area (Å²) < 4.78 is 15.1. The van der Waals surface area contributed by atoms with Gasteiger partial charge in [-0.05, 0) is 51.9 Å².